The lowest BCUT2D eigenvalue weighted by molar-refractivity contribution is 0.0268. The third-order valence-corrected chi connectivity index (χ3v) is 4.36. The Bertz CT molecular complexity index is 656. The molecule has 1 heterocycles. The van der Waals surface area contributed by atoms with Crippen molar-refractivity contribution in [1.82, 2.24) is 9.88 Å². The number of aliphatic hydroxyl groups excluding tert-OH is 1. The van der Waals surface area contributed by atoms with E-state index in [1.807, 2.05) is 30.3 Å². The number of fused-ring (bicyclic) bond motifs is 1. The third-order valence-electron chi connectivity index (χ3n) is 4.36. The molecule has 21 heavy (non-hydrogen) atoms. The predicted molar refractivity (Wildman–Crippen MR) is 82.1 cm³/mol. The lowest BCUT2D eigenvalue weighted by Crippen LogP contribution is -2.46. The summed E-state index contributed by atoms with van der Waals surface area (Å²) in [5, 5.41) is 11.1. The highest BCUT2D eigenvalue weighted by Gasteiger charge is 2.29. The maximum Gasteiger partial charge on any atom is 0.253 e. The summed E-state index contributed by atoms with van der Waals surface area (Å²) < 4.78 is 0. The highest BCUT2D eigenvalue weighted by atomic mass is 16.3. The van der Waals surface area contributed by atoms with Gasteiger partial charge in [-0.05, 0) is 37.1 Å². The second-order valence-corrected chi connectivity index (χ2v) is 5.75. The number of aromatic nitrogens is 1. The van der Waals surface area contributed by atoms with Gasteiger partial charge in [0.1, 0.15) is 0 Å². The summed E-state index contributed by atoms with van der Waals surface area (Å²) in [4.78, 5) is 18.6. The number of likely N-dealkylation sites (N-methyl/N-ethyl adjacent to an activating group) is 1. The third kappa shape index (κ3) is 2.76. The van der Waals surface area contributed by atoms with Crippen LogP contribution in [0.25, 0.3) is 10.9 Å². The molecule has 1 aliphatic carbocycles. The van der Waals surface area contributed by atoms with E-state index in [0.29, 0.717) is 5.56 Å². The predicted octanol–water partition coefficient (Wildman–Crippen LogP) is 2.61. The van der Waals surface area contributed by atoms with Gasteiger partial charge >= 0.3 is 0 Å². The van der Waals surface area contributed by atoms with E-state index < -0.39 is 6.10 Å². The average Bonchev–Trinajstić information content (AvgIpc) is 2.53. The summed E-state index contributed by atoms with van der Waals surface area (Å²) >= 11 is 0. The Balaban J connectivity index is 1.85. The second kappa shape index (κ2) is 5.82. The molecule has 0 radical (unpaired) electrons. The van der Waals surface area contributed by atoms with Crippen molar-refractivity contribution in [3.63, 3.8) is 0 Å². The van der Waals surface area contributed by atoms with E-state index >= 15 is 0 Å². The summed E-state index contributed by atoms with van der Waals surface area (Å²) in [7, 11) is 1.79. The first-order valence-corrected chi connectivity index (χ1v) is 7.47. The number of rotatable bonds is 2. The summed E-state index contributed by atoms with van der Waals surface area (Å²) in [6.07, 6.45) is 5.11. The molecular formula is C17H20N2O2. The first-order chi connectivity index (χ1) is 10.2. The molecule has 0 bridgehead atoms. The number of hydrogen-bond acceptors (Lipinski definition) is 3. The molecule has 1 aliphatic rings. The minimum atomic E-state index is -0.408. The molecule has 0 saturated heterocycles. The monoisotopic (exact) mass is 284 g/mol. The van der Waals surface area contributed by atoms with Gasteiger partial charge in [-0.2, -0.15) is 0 Å². The van der Waals surface area contributed by atoms with E-state index in [1.54, 1.807) is 18.1 Å². The van der Waals surface area contributed by atoms with Crippen molar-refractivity contribution in [1.29, 1.82) is 0 Å². The van der Waals surface area contributed by atoms with Crippen molar-refractivity contribution < 1.29 is 9.90 Å². The SMILES string of the molecule is CN(C(=O)c1ccc2ncccc2c1)C1CCCCC1O. The molecular weight excluding hydrogens is 264 g/mol. The summed E-state index contributed by atoms with van der Waals surface area (Å²) in [6.45, 7) is 0. The van der Waals surface area contributed by atoms with Gasteiger partial charge in [0, 0.05) is 24.2 Å². The van der Waals surface area contributed by atoms with Crippen LogP contribution in [0.4, 0.5) is 0 Å². The van der Waals surface area contributed by atoms with Gasteiger partial charge in [0.2, 0.25) is 0 Å². The number of hydrogen-bond donors (Lipinski definition) is 1. The Kier molecular flexibility index (Phi) is 3.88. The number of aliphatic hydroxyl groups is 1. The van der Waals surface area contributed by atoms with E-state index in [0.717, 1.165) is 36.6 Å². The molecule has 2 atom stereocenters. The Hall–Kier alpha value is -1.94. The van der Waals surface area contributed by atoms with Gasteiger partial charge in [-0.1, -0.05) is 18.9 Å². The molecule has 1 N–H and O–H groups in total. The van der Waals surface area contributed by atoms with E-state index in [4.69, 9.17) is 0 Å². The number of amides is 1. The van der Waals surface area contributed by atoms with Crippen LogP contribution in [0.1, 0.15) is 36.0 Å². The van der Waals surface area contributed by atoms with Crippen LogP contribution in [-0.2, 0) is 0 Å². The van der Waals surface area contributed by atoms with Crippen molar-refractivity contribution in [3.05, 3.63) is 42.1 Å². The Morgan fingerprint density at radius 3 is 2.90 bits per heavy atom. The topological polar surface area (TPSA) is 53.4 Å². The molecule has 3 rings (SSSR count). The zero-order chi connectivity index (χ0) is 14.8. The molecule has 0 aliphatic heterocycles. The van der Waals surface area contributed by atoms with E-state index in [-0.39, 0.29) is 11.9 Å². The van der Waals surface area contributed by atoms with Crippen molar-refractivity contribution in [2.45, 2.75) is 37.8 Å². The van der Waals surface area contributed by atoms with Gasteiger partial charge < -0.3 is 10.0 Å². The van der Waals surface area contributed by atoms with Crippen molar-refractivity contribution in [2.24, 2.45) is 0 Å². The fourth-order valence-electron chi connectivity index (χ4n) is 3.11. The highest BCUT2D eigenvalue weighted by Crippen LogP contribution is 2.24. The Morgan fingerprint density at radius 1 is 1.29 bits per heavy atom. The standard InChI is InChI=1S/C17H20N2O2/c1-19(15-6-2-3-7-16(15)20)17(21)13-8-9-14-12(11-13)5-4-10-18-14/h4-5,8-11,15-16,20H,2-3,6-7H2,1H3. The van der Waals surface area contributed by atoms with Crippen LogP contribution >= 0.6 is 0 Å². The molecule has 2 unspecified atom stereocenters. The highest BCUT2D eigenvalue weighted by molar-refractivity contribution is 5.98. The molecule has 1 aromatic carbocycles. The van der Waals surface area contributed by atoms with Gasteiger partial charge in [0.25, 0.3) is 5.91 Å². The van der Waals surface area contributed by atoms with Crippen LogP contribution in [0.5, 0.6) is 0 Å². The van der Waals surface area contributed by atoms with Crippen LogP contribution < -0.4 is 0 Å². The lowest BCUT2D eigenvalue weighted by Gasteiger charge is -2.35. The number of nitrogens with zero attached hydrogens (tertiary/aromatic N) is 2. The first kappa shape index (κ1) is 14.0. The fraction of sp³-hybridized carbons (Fsp3) is 0.412. The molecule has 110 valence electrons. The van der Waals surface area contributed by atoms with Crippen molar-refractivity contribution in [2.75, 3.05) is 7.05 Å². The van der Waals surface area contributed by atoms with Crippen molar-refractivity contribution >= 4 is 16.8 Å². The molecule has 1 amide bonds. The van der Waals surface area contributed by atoms with Crippen LogP contribution in [0, 0.1) is 0 Å². The number of benzene rings is 1. The number of carbonyl (C=O) groups excluding carboxylic acids is 1. The van der Waals surface area contributed by atoms with Gasteiger partial charge in [-0.25, -0.2) is 0 Å². The minimum absolute atomic E-state index is 0.0355. The zero-order valence-electron chi connectivity index (χ0n) is 12.2. The quantitative estimate of drug-likeness (QED) is 0.922. The van der Waals surface area contributed by atoms with Gasteiger partial charge in [-0.15, -0.1) is 0 Å². The maximum atomic E-state index is 12.6. The normalized spacial score (nSPS) is 22.2. The molecule has 0 spiro atoms. The van der Waals surface area contributed by atoms with Gasteiger partial charge in [-0.3, -0.25) is 9.78 Å². The number of pyridine rings is 1. The second-order valence-electron chi connectivity index (χ2n) is 5.75. The van der Waals surface area contributed by atoms with E-state index in [1.165, 1.54) is 0 Å². The molecule has 4 heteroatoms. The summed E-state index contributed by atoms with van der Waals surface area (Å²) in [5.41, 5.74) is 1.53. The number of carbonyl (C=O) groups is 1. The molecule has 1 fully saturated rings. The van der Waals surface area contributed by atoms with E-state index in [9.17, 15) is 9.90 Å². The smallest absolute Gasteiger partial charge is 0.253 e. The maximum absolute atomic E-state index is 12.6. The zero-order valence-corrected chi connectivity index (χ0v) is 12.2. The van der Waals surface area contributed by atoms with Crippen molar-refractivity contribution in [3.8, 4) is 0 Å². The largest absolute Gasteiger partial charge is 0.391 e. The Morgan fingerprint density at radius 2 is 2.10 bits per heavy atom. The van der Waals surface area contributed by atoms with Crippen LogP contribution in [0.2, 0.25) is 0 Å². The minimum Gasteiger partial charge on any atom is -0.391 e. The summed E-state index contributed by atoms with van der Waals surface area (Å²) in [6, 6.07) is 9.29. The molecule has 1 saturated carbocycles. The average molecular weight is 284 g/mol. The lowest BCUT2D eigenvalue weighted by atomic mass is 9.91. The van der Waals surface area contributed by atoms with Gasteiger partial charge in [0.15, 0.2) is 0 Å². The van der Waals surface area contributed by atoms with Crippen LogP contribution in [0.3, 0.4) is 0 Å². The molecule has 4 nitrogen and oxygen atoms in total. The van der Waals surface area contributed by atoms with E-state index in [2.05, 4.69) is 4.98 Å². The summed E-state index contributed by atoms with van der Waals surface area (Å²) in [5.74, 6) is -0.0355. The first-order valence-electron chi connectivity index (χ1n) is 7.47. The van der Waals surface area contributed by atoms with Crippen LogP contribution in [0.15, 0.2) is 36.5 Å². The molecule has 1 aromatic heterocycles. The fourth-order valence-corrected chi connectivity index (χ4v) is 3.11. The van der Waals surface area contributed by atoms with Gasteiger partial charge in [0.05, 0.1) is 17.7 Å². The molecule has 2 aromatic rings. The Labute approximate surface area is 124 Å². The van der Waals surface area contributed by atoms with Crippen LogP contribution in [-0.4, -0.2) is 40.1 Å².